The van der Waals surface area contributed by atoms with Crippen molar-refractivity contribution < 1.29 is 14.3 Å². The molecule has 1 amide bonds. The molecule has 0 radical (unpaired) electrons. The number of piperidine rings is 1. The Labute approximate surface area is 161 Å². The minimum Gasteiger partial charge on any atom is -0.466 e. The summed E-state index contributed by atoms with van der Waals surface area (Å²) in [5.41, 5.74) is 1.72. The van der Waals surface area contributed by atoms with Crippen molar-refractivity contribution in [2.45, 2.75) is 26.7 Å². The minimum absolute atomic E-state index is 0.0872. The predicted molar refractivity (Wildman–Crippen MR) is 106 cm³/mol. The first kappa shape index (κ1) is 20.7. The molecular formula is C20H30N4O3. The molecule has 0 spiro atoms. The number of carbonyl (C=O) groups excluding carboxylic acids is 2. The molecule has 2 N–H and O–H groups in total. The van der Waals surface area contributed by atoms with Crippen molar-refractivity contribution in [1.29, 1.82) is 0 Å². The van der Waals surface area contributed by atoms with E-state index < -0.39 is 0 Å². The van der Waals surface area contributed by atoms with E-state index in [9.17, 15) is 9.59 Å². The van der Waals surface area contributed by atoms with Gasteiger partial charge in [0.15, 0.2) is 5.96 Å². The van der Waals surface area contributed by atoms with E-state index in [4.69, 9.17) is 4.74 Å². The fourth-order valence-corrected chi connectivity index (χ4v) is 3.19. The number of amides is 1. The number of aliphatic imine (C=N–C) groups is 1. The zero-order valence-electron chi connectivity index (χ0n) is 16.5. The molecule has 1 aliphatic rings. The zero-order valence-corrected chi connectivity index (χ0v) is 16.5. The van der Waals surface area contributed by atoms with Gasteiger partial charge in [-0.05, 0) is 38.8 Å². The van der Waals surface area contributed by atoms with Crippen LogP contribution in [0.15, 0.2) is 29.3 Å². The summed E-state index contributed by atoms with van der Waals surface area (Å²) < 4.78 is 5.14. The zero-order chi connectivity index (χ0) is 19.6. The summed E-state index contributed by atoms with van der Waals surface area (Å²) >= 11 is 0. The monoisotopic (exact) mass is 374 g/mol. The lowest BCUT2D eigenvalue weighted by Crippen LogP contribution is -2.49. The lowest BCUT2D eigenvalue weighted by Gasteiger charge is -2.33. The number of aryl methyl sites for hydroxylation is 1. The van der Waals surface area contributed by atoms with Gasteiger partial charge in [-0.2, -0.15) is 0 Å². The standard InChI is InChI=1S/C20H30N4O3/c1-4-27-19(26)17-9-6-12-24(14-17)20(21-3)23-11-10-22-18(25)16-8-5-7-15(2)13-16/h5,7-8,13,17H,4,6,9-12,14H2,1-3H3,(H,21,23)(H,22,25)/t17-/m1/s1. The lowest BCUT2D eigenvalue weighted by molar-refractivity contribution is -0.149. The number of hydrogen-bond donors (Lipinski definition) is 2. The Kier molecular flexibility index (Phi) is 8.10. The Balaban J connectivity index is 1.78. The molecule has 1 aromatic rings. The van der Waals surface area contributed by atoms with Gasteiger partial charge < -0.3 is 20.3 Å². The van der Waals surface area contributed by atoms with Gasteiger partial charge in [-0.15, -0.1) is 0 Å². The Hall–Kier alpha value is -2.57. The van der Waals surface area contributed by atoms with Gasteiger partial charge in [-0.25, -0.2) is 0 Å². The molecule has 7 nitrogen and oxygen atoms in total. The molecule has 27 heavy (non-hydrogen) atoms. The first-order chi connectivity index (χ1) is 13.0. The van der Waals surface area contributed by atoms with Crippen LogP contribution in [0.1, 0.15) is 35.7 Å². The maximum atomic E-state index is 12.2. The van der Waals surface area contributed by atoms with E-state index in [1.54, 1.807) is 13.1 Å². The Morgan fingerprint density at radius 1 is 1.30 bits per heavy atom. The highest BCUT2D eigenvalue weighted by Gasteiger charge is 2.28. The van der Waals surface area contributed by atoms with Gasteiger partial charge in [0.05, 0.1) is 12.5 Å². The van der Waals surface area contributed by atoms with Crippen LogP contribution in [0.2, 0.25) is 0 Å². The average Bonchev–Trinajstić information content (AvgIpc) is 2.68. The molecule has 0 aliphatic carbocycles. The van der Waals surface area contributed by atoms with Crippen LogP contribution in [0, 0.1) is 12.8 Å². The lowest BCUT2D eigenvalue weighted by atomic mass is 9.98. The number of nitrogens with zero attached hydrogens (tertiary/aromatic N) is 2. The molecule has 1 aliphatic heterocycles. The molecule has 1 fully saturated rings. The first-order valence-electron chi connectivity index (χ1n) is 9.52. The topological polar surface area (TPSA) is 83.0 Å². The van der Waals surface area contributed by atoms with E-state index in [-0.39, 0.29) is 17.8 Å². The molecule has 1 heterocycles. The van der Waals surface area contributed by atoms with Crippen molar-refractivity contribution in [3.63, 3.8) is 0 Å². The number of rotatable bonds is 6. The first-order valence-corrected chi connectivity index (χ1v) is 9.52. The number of esters is 1. The van der Waals surface area contributed by atoms with Crippen LogP contribution in [-0.2, 0) is 9.53 Å². The largest absolute Gasteiger partial charge is 0.466 e. The number of ether oxygens (including phenoxy) is 1. The van der Waals surface area contributed by atoms with Crippen LogP contribution in [0.25, 0.3) is 0 Å². The van der Waals surface area contributed by atoms with Gasteiger partial charge in [-0.1, -0.05) is 17.7 Å². The van der Waals surface area contributed by atoms with Crippen LogP contribution in [0.3, 0.4) is 0 Å². The number of carbonyl (C=O) groups is 2. The van der Waals surface area contributed by atoms with Crippen molar-refractivity contribution in [1.82, 2.24) is 15.5 Å². The highest BCUT2D eigenvalue weighted by Crippen LogP contribution is 2.18. The second-order valence-corrected chi connectivity index (χ2v) is 6.64. The Morgan fingerprint density at radius 3 is 2.78 bits per heavy atom. The molecule has 148 valence electrons. The van der Waals surface area contributed by atoms with Gasteiger partial charge in [0.2, 0.25) is 0 Å². The number of nitrogens with one attached hydrogen (secondary N) is 2. The number of benzene rings is 1. The third-order valence-electron chi connectivity index (χ3n) is 4.53. The maximum Gasteiger partial charge on any atom is 0.310 e. The molecular weight excluding hydrogens is 344 g/mol. The summed E-state index contributed by atoms with van der Waals surface area (Å²) in [5, 5.41) is 6.16. The second kappa shape index (κ2) is 10.5. The maximum absolute atomic E-state index is 12.2. The summed E-state index contributed by atoms with van der Waals surface area (Å²) in [5.74, 6) is 0.408. The molecule has 2 rings (SSSR count). The van der Waals surface area contributed by atoms with Crippen molar-refractivity contribution in [3.05, 3.63) is 35.4 Å². The quantitative estimate of drug-likeness (QED) is 0.342. The molecule has 7 heteroatoms. The van der Waals surface area contributed by atoms with Crippen LogP contribution in [0.4, 0.5) is 0 Å². The number of hydrogen-bond acceptors (Lipinski definition) is 4. The molecule has 1 saturated heterocycles. The summed E-state index contributed by atoms with van der Waals surface area (Å²) in [6.45, 7) is 6.70. The third kappa shape index (κ3) is 6.27. The fraction of sp³-hybridized carbons (Fsp3) is 0.550. The van der Waals surface area contributed by atoms with Gasteiger partial charge >= 0.3 is 5.97 Å². The summed E-state index contributed by atoms with van der Waals surface area (Å²) in [7, 11) is 1.72. The second-order valence-electron chi connectivity index (χ2n) is 6.64. The van der Waals surface area contributed by atoms with E-state index in [0.717, 1.165) is 30.9 Å². The van der Waals surface area contributed by atoms with Gasteiger partial charge in [-0.3, -0.25) is 14.6 Å². The number of likely N-dealkylation sites (tertiary alicyclic amines) is 1. The van der Waals surface area contributed by atoms with Crippen LogP contribution < -0.4 is 10.6 Å². The fourth-order valence-electron chi connectivity index (χ4n) is 3.19. The molecule has 0 bridgehead atoms. The van der Waals surface area contributed by atoms with Gasteiger partial charge in [0.1, 0.15) is 0 Å². The summed E-state index contributed by atoms with van der Waals surface area (Å²) in [6.07, 6.45) is 1.77. The van der Waals surface area contributed by atoms with Crippen molar-refractivity contribution in [2.75, 3.05) is 39.8 Å². The van der Waals surface area contributed by atoms with Gasteiger partial charge in [0, 0.05) is 38.8 Å². The predicted octanol–water partition coefficient (Wildman–Crippen LogP) is 1.58. The summed E-state index contributed by atoms with van der Waals surface area (Å²) in [4.78, 5) is 30.5. The Bertz CT molecular complexity index is 675. The normalized spacial score (nSPS) is 17.4. The van der Waals surface area contributed by atoms with Crippen molar-refractivity contribution in [2.24, 2.45) is 10.9 Å². The van der Waals surface area contributed by atoms with Crippen LogP contribution >= 0.6 is 0 Å². The molecule has 1 atom stereocenters. The van der Waals surface area contributed by atoms with E-state index in [1.165, 1.54) is 0 Å². The van der Waals surface area contributed by atoms with Crippen LogP contribution in [-0.4, -0.2) is 62.6 Å². The highest BCUT2D eigenvalue weighted by molar-refractivity contribution is 5.94. The van der Waals surface area contributed by atoms with Crippen molar-refractivity contribution in [3.8, 4) is 0 Å². The van der Waals surface area contributed by atoms with E-state index >= 15 is 0 Å². The highest BCUT2D eigenvalue weighted by atomic mass is 16.5. The SMILES string of the molecule is CCOC(=O)[C@@H]1CCCN(C(=NC)NCCNC(=O)c2cccc(C)c2)C1. The van der Waals surface area contributed by atoms with Gasteiger partial charge in [0.25, 0.3) is 5.91 Å². The van der Waals surface area contributed by atoms with E-state index in [0.29, 0.717) is 31.8 Å². The van der Waals surface area contributed by atoms with E-state index in [1.807, 2.05) is 32.0 Å². The molecule has 0 unspecified atom stereocenters. The molecule has 1 aromatic carbocycles. The van der Waals surface area contributed by atoms with E-state index in [2.05, 4.69) is 20.5 Å². The average molecular weight is 374 g/mol. The third-order valence-corrected chi connectivity index (χ3v) is 4.53. The smallest absolute Gasteiger partial charge is 0.310 e. The van der Waals surface area contributed by atoms with Crippen LogP contribution in [0.5, 0.6) is 0 Å². The Morgan fingerprint density at radius 2 is 2.07 bits per heavy atom. The van der Waals surface area contributed by atoms with Crippen molar-refractivity contribution >= 4 is 17.8 Å². The summed E-state index contributed by atoms with van der Waals surface area (Å²) in [6, 6.07) is 7.51. The minimum atomic E-state index is -0.136. The molecule has 0 aromatic heterocycles. The number of guanidine groups is 1. The molecule has 0 saturated carbocycles.